The Morgan fingerprint density at radius 3 is 3.08 bits per heavy atom. The molecule has 0 spiro atoms. The predicted octanol–water partition coefficient (Wildman–Crippen LogP) is 2.16. The van der Waals surface area contributed by atoms with Gasteiger partial charge in [-0.15, -0.1) is 0 Å². The van der Waals surface area contributed by atoms with E-state index in [9.17, 15) is 4.79 Å². The first-order valence-corrected chi connectivity index (χ1v) is 4.06. The number of carbonyl (C=O) groups excluding carboxylic acids is 1. The van der Waals surface area contributed by atoms with Crippen molar-refractivity contribution in [1.29, 1.82) is 0 Å². The second-order valence-corrected chi connectivity index (χ2v) is 2.54. The van der Waals surface area contributed by atoms with Crippen molar-refractivity contribution in [2.45, 2.75) is 26.2 Å². The van der Waals surface area contributed by atoms with Gasteiger partial charge in [-0.2, -0.15) is 0 Å². The van der Waals surface area contributed by atoms with Gasteiger partial charge < -0.3 is 9.15 Å². The molecule has 12 heavy (non-hydrogen) atoms. The van der Waals surface area contributed by atoms with Gasteiger partial charge in [0.2, 0.25) is 0 Å². The van der Waals surface area contributed by atoms with Crippen LogP contribution in [0.2, 0.25) is 0 Å². The Kier molecular flexibility index (Phi) is 3.38. The van der Waals surface area contributed by atoms with E-state index < -0.39 is 0 Å². The highest BCUT2D eigenvalue weighted by molar-refractivity contribution is 5.42. The molecule has 0 unspecified atom stereocenters. The zero-order valence-corrected chi connectivity index (χ0v) is 7.08. The molecule has 0 aliphatic carbocycles. The maximum atomic E-state index is 9.92. The molecule has 1 aromatic rings. The molecular formula is C9H12O3. The van der Waals surface area contributed by atoms with E-state index in [-0.39, 0.29) is 5.95 Å². The molecule has 0 fully saturated rings. The Balaban J connectivity index is 2.46. The number of aryl methyl sites for hydroxylation is 1. The average Bonchev–Trinajstić information content (AvgIpc) is 2.50. The Bertz CT molecular complexity index is 240. The van der Waals surface area contributed by atoms with Crippen LogP contribution in [0.25, 0.3) is 0 Å². The molecule has 0 radical (unpaired) electrons. The normalized spacial score (nSPS) is 9.75. The Labute approximate surface area is 71.3 Å². The summed E-state index contributed by atoms with van der Waals surface area (Å²) in [5.74, 6) is 1.14. The van der Waals surface area contributed by atoms with Crippen LogP contribution in [0.4, 0.5) is 0 Å². The summed E-state index contributed by atoms with van der Waals surface area (Å²) >= 11 is 0. The summed E-state index contributed by atoms with van der Waals surface area (Å²) < 4.78 is 9.69. The Morgan fingerprint density at radius 1 is 1.58 bits per heavy atom. The van der Waals surface area contributed by atoms with Crippen LogP contribution in [-0.4, -0.2) is 6.47 Å². The first-order chi connectivity index (χ1) is 5.86. The maximum absolute atomic E-state index is 9.92. The topological polar surface area (TPSA) is 39.4 Å². The summed E-state index contributed by atoms with van der Waals surface area (Å²) in [5.41, 5.74) is 0. The lowest BCUT2D eigenvalue weighted by Crippen LogP contribution is -1.85. The molecular weight excluding hydrogens is 156 g/mol. The smallest absolute Gasteiger partial charge is 0.300 e. The standard InChI is InChI=1S/C9H12O3/c1-2-3-4-8-5-6-9(12-8)11-7-10/h5-7H,2-4H2,1H3. The van der Waals surface area contributed by atoms with Crippen molar-refractivity contribution < 1.29 is 13.9 Å². The van der Waals surface area contributed by atoms with Crippen molar-refractivity contribution in [3.8, 4) is 5.95 Å². The van der Waals surface area contributed by atoms with Gasteiger partial charge in [0, 0.05) is 12.5 Å². The van der Waals surface area contributed by atoms with Gasteiger partial charge in [0.1, 0.15) is 5.76 Å². The molecule has 0 amide bonds. The number of hydrogen-bond donors (Lipinski definition) is 0. The van der Waals surface area contributed by atoms with Gasteiger partial charge in [0.25, 0.3) is 5.95 Å². The van der Waals surface area contributed by atoms with Gasteiger partial charge in [-0.25, -0.2) is 0 Å². The molecule has 0 atom stereocenters. The third-order valence-corrected chi connectivity index (χ3v) is 1.58. The lowest BCUT2D eigenvalue weighted by molar-refractivity contribution is -0.121. The van der Waals surface area contributed by atoms with E-state index in [1.165, 1.54) is 0 Å². The summed E-state index contributed by atoms with van der Waals surface area (Å²) in [7, 11) is 0. The van der Waals surface area contributed by atoms with Gasteiger partial charge in [0.15, 0.2) is 0 Å². The van der Waals surface area contributed by atoms with Crippen molar-refractivity contribution in [3.63, 3.8) is 0 Å². The van der Waals surface area contributed by atoms with Crippen molar-refractivity contribution in [3.05, 3.63) is 17.9 Å². The molecule has 3 heteroatoms. The van der Waals surface area contributed by atoms with Gasteiger partial charge in [0.05, 0.1) is 0 Å². The first kappa shape index (κ1) is 8.84. The van der Waals surface area contributed by atoms with Crippen LogP contribution in [0.15, 0.2) is 16.5 Å². The van der Waals surface area contributed by atoms with Crippen LogP contribution < -0.4 is 4.74 Å². The highest BCUT2D eigenvalue weighted by Crippen LogP contribution is 2.16. The minimum absolute atomic E-state index is 0.274. The van der Waals surface area contributed by atoms with E-state index in [2.05, 4.69) is 11.7 Å². The number of ether oxygens (including phenoxy) is 1. The Morgan fingerprint density at radius 2 is 2.42 bits per heavy atom. The highest BCUT2D eigenvalue weighted by Gasteiger charge is 2.00. The second-order valence-electron chi connectivity index (χ2n) is 2.54. The molecule has 0 aliphatic heterocycles. The van der Waals surface area contributed by atoms with E-state index in [1.807, 2.05) is 6.07 Å². The van der Waals surface area contributed by atoms with Gasteiger partial charge >= 0.3 is 6.47 Å². The summed E-state index contributed by atoms with van der Waals surface area (Å²) in [6.07, 6.45) is 3.12. The third kappa shape index (κ3) is 2.42. The maximum Gasteiger partial charge on any atom is 0.300 e. The largest absolute Gasteiger partial charge is 0.430 e. The van der Waals surface area contributed by atoms with Crippen LogP contribution in [0.3, 0.4) is 0 Å². The van der Waals surface area contributed by atoms with Crippen LogP contribution in [-0.2, 0) is 11.2 Å². The van der Waals surface area contributed by atoms with Gasteiger partial charge in [-0.1, -0.05) is 13.3 Å². The van der Waals surface area contributed by atoms with Crippen molar-refractivity contribution >= 4 is 6.47 Å². The molecule has 1 heterocycles. The summed E-state index contributed by atoms with van der Waals surface area (Å²) in [6.45, 7) is 2.48. The van der Waals surface area contributed by atoms with E-state index >= 15 is 0 Å². The summed E-state index contributed by atoms with van der Waals surface area (Å²) in [4.78, 5) is 9.92. The predicted molar refractivity (Wildman–Crippen MR) is 44.0 cm³/mol. The van der Waals surface area contributed by atoms with Crippen LogP contribution in [0.5, 0.6) is 5.95 Å². The van der Waals surface area contributed by atoms with E-state index in [0.29, 0.717) is 6.47 Å². The van der Waals surface area contributed by atoms with E-state index in [0.717, 1.165) is 25.0 Å². The minimum atomic E-state index is 0.274. The van der Waals surface area contributed by atoms with Gasteiger partial charge in [-0.3, -0.25) is 4.79 Å². The SMILES string of the molecule is CCCCc1ccc(OC=O)o1. The zero-order chi connectivity index (χ0) is 8.81. The van der Waals surface area contributed by atoms with E-state index in [1.54, 1.807) is 6.07 Å². The fourth-order valence-corrected chi connectivity index (χ4v) is 0.954. The molecule has 3 nitrogen and oxygen atoms in total. The fraction of sp³-hybridized carbons (Fsp3) is 0.444. The summed E-state index contributed by atoms with van der Waals surface area (Å²) in [5, 5.41) is 0. The van der Waals surface area contributed by atoms with Crippen molar-refractivity contribution in [2.75, 3.05) is 0 Å². The third-order valence-electron chi connectivity index (χ3n) is 1.58. The molecule has 1 aromatic heterocycles. The molecule has 0 saturated heterocycles. The zero-order valence-electron chi connectivity index (χ0n) is 7.08. The van der Waals surface area contributed by atoms with Crippen molar-refractivity contribution in [1.82, 2.24) is 0 Å². The second kappa shape index (κ2) is 4.59. The molecule has 66 valence electrons. The lowest BCUT2D eigenvalue weighted by Gasteiger charge is -1.92. The monoisotopic (exact) mass is 168 g/mol. The first-order valence-electron chi connectivity index (χ1n) is 4.06. The quantitative estimate of drug-likeness (QED) is 0.632. The molecule has 0 bridgehead atoms. The number of carbonyl (C=O) groups is 1. The number of furan rings is 1. The highest BCUT2D eigenvalue weighted by atomic mass is 16.6. The average molecular weight is 168 g/mol. The number of hydrogen-bond acceptors (Lipinski definition) is 3. The van der Waals surface area contributed by atoms with E-state index in [4.69, 9.17) is 4.42 Å². The molecule has 0 saturated carbocycles. The molecule has 0 aliphatic rings. The fourth-order valence-electron chi connectivity index (χ4n) is 0.954. The molecule has 0 N–H and O–H groups in total. The van der Waals surface area contributed by atoms with Gasteiger partial charge in [-0.05, 0) is 12.5 Å². The number of rotatable bonds is 5. The molecule has 0 aromatic carbocycles. The van der Waals surface area contributed by atoms with Crippen LogP contribution in [0.1, 0.15) is 25.5 Å². The number of unbranched alkanes of at least 4 members (excludes halogenated alkanes) is 1. The van der Waals surface area contributed by atoms with Crippen molar-refractivity contribution in [2.24, 2.45) is 0 Å². The minimum Gasteiger partial charge on any atom is -0.430 e. The lowest BCUT2D eigenvalue weighted by atomic mass is 10.2. The van der Waals surface area contributed by atoms with Crippen LogP contribution in [0, 0.1) is 0 Å². The van der Waals surface area contributed by atoms with Crippen LogP contribution >= 0.6 is 0 Å². The summed E-state index contributed by atoms with van der Waals surface area (Å²) in [6, 6.07) is 3.48. The molecule has 1 rings (SSSR count). The Hall–Kier alpha value is -1.25.